The van der Waals surface area contributed by atoms with Crippen molar-refractivity contribution < 1.29 is 4.79 Å². The molecule has 3 aromatic heterocycles. The normalized spacial score (nSPS) is 21.5. The van der Waals surface area contributed by atoms with Gasteiger partial charge in [0.15, 0.2) is 0 Å². The molecule has 1 amide bonds. The third kappa shape index (κ3) is 2.67. The van der Waals surface area contributed by atoms with Crippen molar-refractivity contribution in [1.29, 1.82) is 0 Å². The Morgan fingerprint density at radius 3 is 2.97 bits per heavy atom. The van der Waals surface area contributed by atoms with Gasteiger partial charge in [0.25, 0.3) is 0 Å². The van der Waals surface area contributed by atoms with Crippen LogP contribution in [0, 0.1) is 0 Å². The zero-order chi connectivity index (χ0) is 20.1. The summed E-state index contributed by atoms with van der Waals surface area (Å²) in [5, 5.41) is 1.05. The number of hydrogen-bond donors (Lipinski definition) is 1. The number of anilines is 1. The molecular weight excluding hydrogens is 378 g/mol. The van der Waals surface area contributed by atoms with Crippen LogP contribution in [0.1, 0.15) is 19.3 Å². The van der Waals surface area contributed by atoms with Gasteiger partial charge in [-0.2, -0.15) is 0 Å². The number of aromatic nitrogens is 5. The lowest BCUT2D eigenvalue weighted by Crippen LogP contribution is -2.52. The van der Waals surface area contributed by atoms with Crippen molar-refractivity contribution in [3.8, 4) is 0 Å². The number of imidazole rings is 1. The van der Waals surface area contributed by atoms with Crippen molar-refractivity contribution in [3.63, 3.8) is 0 Å². The summed E-state index contributed by atoms with van der Waals surface area (Å²) in [5.41, 5.74) is 2.79. The van der Waals surface area contributed by atoms with E-state index in [1.807, 2.05) is 41.1 Å². The highest BCUT2D eigenvalue weighted by Gasteiger charge is 2.42. The number of likely N-dealkylation sites (tertiary alicyclic amines) is 1. The molecule has 0 radical (unpaired) electrons. The van der Waals surface area contributed by atoms with Crippen molar-refractivity contribution in [1.82, 2.24) is 29.4 Å². The van der Waals surface area contributed by atoms with Crippen molar-refractivity contribution >= 4 is 33.8 Å². The summed E-state index contributed by atoms with van der Waals surface area (Å²) in [7, 11) is 0. The first-order chi connectivity index (χ1) is 14.8. The maximum absolute atomic E-state index is 13.3. The SMILES string of the molecule is O=C(Cn1cnc2ccccc21)N1CCC[C@@H]2[C@H]1CCN2c1ncnc2[nH]ccc12. The number of para-hydroxylation sites is 2. The monoisotopic (exact) mass is 401 g/mol. The number of hydrogen-bond acceptors (Lipinski definition) is 5. The number of aromatic amines is 1. The number of nitrogens with one attached hydrogen (secondary N) is 1. The lowest BCUT2D eigenvalue weighted by Gasteiger charge is -2.40. The maximum Gasteiger partial charge on any atom is 0.242 e. The number of benzene rings is 1. The van der Waals surface area contributed by atoms with E-state index in [1.165, 1.54) is 0 Å². The van der Waals surface area contributed by atoms with Gasteiger partial charge in [0.05, 0.1) is 34.8 Å². The molecule has 0 aliphatic carbocycles. The molecule has 6 rings (SSSR count). The van der Waals surface area contributed by atoms with Crippen LogP contribution in [0.5, 0.6) is 0 Å². The molecule has 152 valence electrons. The summed E-state index contributed by atoms with van der Waals surface area (Å²) in [6.45, 7) is 2.06. The molecule has 30 heavy (non-hydrogen) atoms. The largest absolute Gasteiger partial charge is 0.351 e. The average Bonchev–Trinajstić information content (AvgIpc) is 3.51. The van der Waals surface area contributed by atoms with Crippen molar-refractivity contribution in [3.05, 3.63) is 49.2 Å². The van der Waals surface area contributed by atoms with E-state index >= 15 is 0 Å². The maximum atomic E-state index is 13.3. The highest BCUT2D eigenvalue weighted by atomic mass is 16.2. The summed E-state index contributed by atoms with van der Waals surface area (Å²) in [4.78, 5) is 34.3. The Bertz CT molecular complexity index is 1230. The number of amides is 1. The Morgan fingerprint density at radius 1 is 1.07 bits per heavy atom. The van der Waals surface area contributed by atoms with Crippen LogP contribution < -0.4 is 4.90 Å². The number of carbonyl (C=O) groups is 1. The Balaban J connectivity index is 1.26. The standard InChI is InChI=1S/C22H23N7O/c30-20(12-27-14-26-16-4-1-2-5-17(16)27)28-10-3-6-18-19(28)8-11-29(18)22-15-7-9-23-21(15)24-13-25-22/h1-2,4-5,7,9,13-14,18-19H,3,6,8,10-12H2,(H,23,24,25)/t18-,19-/m1/s1. The van der Waals surface area contributed by atoms with Crippen LogP contribution in [0.2, 0.25) is 0 Å². The number of nitrogens with zero attached hydrogens (tertiary/aromatic N) is 6. The molecule has 0 spiro atoms. The quantitative estimate of drug-likeness (QED) is 0.571. The zero-order valence-electron chi connectivity index (χ0n) is 16.6. The van der Waals surface area contributed by atoms with Gasteiger partial charge in [-0.3, -0.25) is 4.79 Å². The Hall–Kier alpha value is -3.42. The lowest BCUT2D eigenvalue weighted by molar-refractivity contribution is -0.135. The smallest absolute Gasteiger partial charge is 0.242 e. The molecule has 8 nitrogen and oxygen atoms in total. The van der Waals surface area contributed by atoms with Crippen LogP contribution in [-0.4, -0.2) is 60.5 Å². The minimum absolute atomic E-state index is 0.171. The fraction of sp³-hybridized carbons (Fsp3) is 0.364. The third-order valence-corrected chi connectivity index (χ3v) is 6.57. The summed E-state index contributed by atoms with van der Waals surface area (Å²) in [6.07, 6.45) is 8.36. The topological polar surface area (TPSA) is 82.9 Å². The van der Waals surface area contributed by atoms with Gasteiger partial charge in [0.1, 0.15) is 24.3 Å². The summed E-state index contributed by atoms with van der Waals surface area (Å²) in [5.74, 6) is 1.15. The van der Waals surface area contributed by atoms with Crippen LogP contribution >= 0.6 is 0 Å². The van der Waals surface area contributed by atoms with E-state index in [0.29, 0.717) is 12.6 Å². The summed E-state index contributed by atoms with van der Waals surface area (Å²) >= 11 is 0. The Kier molecular flexibility index (Phi) is 3.97. The van der Waals surface area contributed by atoms with E-state index in [2.05, 4.69) is 29.7 Å². The number of fused-ring (bicyclic) bond motifs is 3. The molecule has 1 aromatic carbocycles. The molecule has 2 fully saturated rings. The molecular formula is C22H23N7O. The number of carbonyl (C=O) groups excluding carboxylic acids is 1. The Labute approximate surface area is 173 Å². The molecule has 2 atom stereocenters. The van der Waals surface area contributed by atoms with Crippen molar-refractivity contribution in [2.75, 3.05) is 18.0 Å². The van der Waals surface area contributed by atoms with Gasteiger partial charge in [0.2, 0.25) is 5.91 Å². The molecule has 1 N–H and O–H groups in total. The fourth-order valence-electron chi connectivity index (χ4n) is 5.22. The third-order valence-electron chi connectivity index (χ3n) is 6.57. The first-order valence-electron chi connectivity index (χ1n) is 10.5. The molecule has 4 aromatic rings. The number of rotatable bonds is 3. The molecule has 0 saturated carbocycles. The Morgan fingerprint density at radius 2 is 2.00 bits per heavy atom. The highest BCUT2D eigenvalue weighted by molar-refractivity contribution is 5.88. The second kappa shape index (κ2) is 6.83. The van der Waals surface area contributed by atoms with E-state index in [1.54, 1.807) is 12.7 Å². The zero-order valence-corrected chi connectivity index (χ0v) is 16.6. The fourth-order valence-corrected chi connectivity index (χ4v) is 5.22. The number of piperidine rings is 1. The molecule has 0 bridgehead atoms. The molecule has 5 heterocycles. The van der Waals surface area contributed by atoms with Gasteiger partial charge >= 0.3 is 0 Å². The minimum atomic E-state index is 0.171. The van der Waals surface area contributed by atoms with E-state index in [4.69, 9.17) is 0 Å². The second-order valence-electron chi connectivity index (χ2n) is 8.14. The van der Waals surface area contributed by atoms with Gasteiger partial charge in [-0.1, -0.05) is 12.1 Å². The van der Waals surface area contributed by atoms with Gasteiger partial charge in [-0.25, -0.2) is 15.0 Å². The van der Waals surface area contributed by atoms with Gasteiger partial charge in [-0.05, 0) is 37.5 Å². The second-order valence-corrected chi connectivity index (χ2v) is 8.14. The first kappa shape index (κ1) is 17.4. The minimum Gasteiger partial charge on any atom is -0.351 e. The van der Waals surface area contributed by atoms with Gasteiger partial charge in [0, 0.05) is 19.3 Å². The highest BCUT2D eigenvalue weighted by Crippen LogP contribution is 2.36. The molecule has 2 saturated heterocycles. The van der Waals surface area contributed by atoms with Crippen LogP contribution in [0.25, 0.3) is 22.1 Å². The van der Waals surface area contributed by atoms with E-state index < -0.39 is 0 Å². The lowest BCUT2D eigenvalue weighted by atomic mass is 9.96. The van der Waals surface area contributed by atoms with Crippen LogP contribution in [0.4, 0.5) is 5.82 Å². The van der Waals surface area contributed by atoms with Gasteiger partial charge in [-0.15, -0.1) is 0 Å². The predicted molar refractivity (Wildman–Crippen MR) is 114 cm³/mol. The van der Waals surface area contributed by atoms with Crippen LogP contribution in [0.3, 0.4) is 0 Å². The predicted octanol–water partition coefficient (Wildman–Crippen LogP) is 2.58. The summed E-state index contributed by atoms with van der Waals surface area (Å²) < 4.78 is 1.96. The molecule has 2 aliphatic heterocycles. The van der Waals surface area contributed by atoms with Crippen LogP contribution in [0.15, 0.2) is 49.2 Å². The average molecular weight is 401 g/mol. The van der Waals surface area contributed by atoms with Gasteiger partial charge < -0.3 is 19.4 Å². The van der Waals surface area contributed by atoms with E-state index in [9.17, 15) is 4.79 Å². The molecule has 0 unspecified atom stereocenters. The number of H-pyrrole nitrogens is 1. The van der Waals surface area contributed by atoms with Crippen molar-refractivity contribution in [2.45, 2.75) is 37.9 Å². The van der Waals surface area contributed by atoms with E-state index in [-0.39, 0.29) is 11.9 Å². The summed E-state index contributed by atoms with van der Waals surface area (Å²) in [6, 6.07) is 10.5. The molecule has 8 heteroatoms. The van der Waals surface area contributed by atoms with Crippen LogP contribution in [-0.2, 0) is 11.3 Å². The first-order valence-corrected chi connectivity index (χ1v) is 10.5. The molecule has 2 aliphatic rings. The van der Waals surface area contributed by atoms with Crippen molar-refractivity contribution in [2.24, 2.45) is 0 Å². The van der Waals surface area contributed by atoms with E-state index in [0.717, 1.165) is 60.2 Å².